The first kappa shape index (κ1) is 19.2. The molecule has 3 fully saturated rings. The van der Waals surface area contributed by atoms with Gasteiger partial charge in [0.25, 0.3) is 0 Å². The van der Waals surface area contributed by atoms with Gasteiger partial charge in [-0.2, -0.15) is 0 Å². The van der Waals surface area contributed by atoms with Crippen LogP contribution in [0, 0.1) is 5.82 Å². The minimum atomic E-state index is -0.366. The number of hydrogen-bond donors (Lipinski definition) is 1. The Balaban J connectivity index is 1.23. The first-order chi connectivity index (χ1) is 14.1. The number of halogens is 2. The molecule has 7 nitrogen and oxygen atoms in total. The third-order valence-electron chi connectivity index (χ3n) is 6.32. The van der Waals surface area contributed by atoms with Gasteiger partial charge in [0, 0.05) is 38.3 Å². The monoisotopic (exact) mass is 421 g/mol. The predicted octanol–water partition coefficient (Wildman–Crippen LogP) is 1.86. The van der Waals surface area contributed by atoms with E-state index in [-0.39, 0.29) is 11.7 Å². The number of nitrogens with one attached hydrogen (secondary N) is 1. The zero-order valence-electron chi connectivity index (χ0n) is 16.2. The highest BCUT2D eigenvalue weighted by Crippen LogP contribution is 2.31. The minimum absolute atomic E-state index is 0.215. The number of aromatic nitrogens is 2. The molecule has 5 rings (SSSR count). The number of likely N-dealkylation sites (tertiary alicyclic amines) is 1. The quantitative estimate of drug-likeness (QED) is 0.816. The SMILES string of the molecule is O=C(CN1C2CCC1CN(Cc1nc3c(Cl)cc(F)cc3[nH]1)C2)N1CCOCC1. The number of rotatable bonds is 4. The zero-order chi connectivity index (χ0) is 20.0. The summed E-state index contributed by atoms with van der Waals surface area (Å²) in [4.78, 5) is 27.1. The van der Waals surface area contributed by atoms with Gasteiger partial charge in [-0.15, -0.1) is 0 Å². The molecule has 2 aromatic rings. The number of morpholine rings is 1. The van der Waals surface area contributed by atoms with Gasteiger partial charge in [-0.05, 0) is 25.0 Å². The second kappa shape index (κ2) is 7.83. The third kappa shape index (κ3) is 3.86. The van der Waals surface area contributed by atoms with Crippen molar-refractivity contribution in [3.05, 3.63) is 28.8 Å². The van der Waals surface area contributed by atoms with E-state index in [9.17, 15) is 9.18 Å². The second-order valence-corrected chi connectivity index (χ2v) is 8.62. The maximum atomic E-state index is 13.6. The number of hydrogen-bond acceptors (Lipinski definition) is 5. The highest BCUT2D eigenvalue weighted by molar-refractivity contribution is 6.34. The van der Waals surface area contributed by atoms with Gasteiger partial charge < -0.3 is 14.6 Å². The van der Waals surface area contributed by atoms with Gasteiger partial charge in [-0.3, -0.25) is 14.6 Å². The van der Waals surface area contributed by atoms with Crippen LogP contribution in [-0.2, 0) is 16.1 Å². The van der Waals surface area contributed by atoms with Gasteiger partial charge in [0.2, 0.25) is 5.91 Å². The number of fused-ring (bicyclic) bond motifs is 3. The van der Waals surface area contributed by atoms with Crippen molar-refractivity contribution in [3.63, 3.8) is 0 Å². The number of carbonyl (C=O) groups excluding carboxylic acids is 1. The van der Waals surface area contributed by atoms with Crippen molar-refractivity contribution in [3.8, 4) is 0 Å². The molecule has 1 N–H and O–H groups in total. The van der Waals surface area contributed by atoms with Crippen molar-refractivity contribution in [2.75, 3.05) is 45.9 Å². The molecule has 0 aliphatic carbocycles. The molecular formula is C20H25ClFN5O2. The number of nitrogens with zero attached hydrogens (tertiary/aromatic N) is 4. The van der Waals surface area contributed by atoms with E-state index < -0.39 is 0 Å². The van der Waals surface area contributed by atoms with Crippen molar-refractivity contribution in [2.45, 2.75) is 31.5 Å². The first-order valence-corrected chi connectivity index (χ1v) is 10.6. The zero-order valence-corrected chi connectivity index (χ0v) is 17.0. The van der Waals surface area contributed by atoms with Crippen LogP contribution in [0.15, 0.2) is 12.1 Å². The second-order valence-electron chi connectivity index (χ2n) is 8.21. The fraction of sp³-hybridized carbons (Fsp3) is 0.600. The lowest BCUT2D eigenvalue weighted by molar-refractivity contribution is -0.138. The van der Waals surface area contributed by atoms with E-state index in [1.165, 1.54) is 12.1 Å². The molecule has 0 saturated carbocycles. The van der Waals surface area contributed by atoms with Crippen LogP contribution in [0.25, 0.3) is 11.0 Å². The van der Waals surface area contributed by atoms with E-state index in [1.54, 1.807) is 0 Å². The summed E-state index contributed by atoms with van der Waals surface area (Å²) in [6.45, 7) is 5.66. The standard InChI is InChI=1S/C20H25ClFN5O2/c21-16-7-13(22)8-17-20(16)24-18(23-17)11-25-9-14-1-2-15(10-25)27(14)12-19(28)26-3-5-29-6-4-26/h7-8,14-15H,1-6,9-12H2,(H,23,24). The maximum Gasteiger partial charge on any atom is 0.236 e. The maximum absolute atomic E-state index is 13.6. The van der Waals surface area contributed by atoms with Gasteiger partial charge in [0.05, 0.1) is 36.8 Å². The van der Waals surface area contributed by atoms with Crippen molar-refractivity contribution in [1.29, 1.82) is 0 Å². The molecule has 0 spiro atoms. The average molecular weight is 422 g/mol. The summed E-state index contributed by atoms with van der Waals surface area (Å²) in [6, 6.07) is 3.50. The summed E-state index contributed by atoms with van der Waals surface area (Å²) < 4.78 is 18.9. The van der Waals surface area contributed by atoms with Crippen LogP contribution >= 0.6 is 11.6 Å². The number of piperazine rings is 1. The number of ether oxygens (including phenoxy) is 1. The summed E-state index contributed by atoms with van der Waals surface area (Å²) in [5.41, 5.74) is 1.24. The summed E-state index contributed by atoms with van der Waals surface area (Å²) in [7, 11) is 0. The first-order valence-electron chi connectivity index (χ1n) is 10.2. The molecule has 3 aliphatic rings. The summed E-state index contributed by atoms with van der Waals surface area (Å²) in [5.74, 6) is 0.645. The van der Waals surface area contributed by atoms with E-state index in [0.717, 1.165) is 31.8 Å². The van der Waals surface area contributed by atoms with Gasteiger partial charge >= 0.3 is 0 Å². The lowest BCUT2D eigenvalue weighted by Crippen LogP contribution is -2.56. The van der Waals surface area contributed by atoms with Crippen LogP contribution < -0.4 is 0 Å². The predicted molar refractivity (Wildman–Crippen MR) is 107 cm³/mol. The van der Waals surface area contributed by atoms with E-state index in [0.29, 0.717) is 67.5 Å². The van der Waals surface area contributed by atoms with Crippen molar-refractivity contribution in [1.82, 2.24) is 24.7 Å². The molecule has 3 saturated heterocycles. The van der Waals surface area contributed by atoms with Crippen molar-refractivity contribution < 1.29 is 13.9 Å². The van der Waals surface area contributed by atoms with Crippen LogP contribution in [0.2, 0.25) is 5.02 Å². The molecule has 1 aromatic carbocycles. The number of aromatic amines is 1. The summed E-state index contributed by atoms with van der Waals surface area (Å²) in [5, 5.41) is 0.328. The summed E-state index contributed by atoms with van der Waals surface area (Å²) in [6.07, 6.45) is 2.24. The fourth-order valence-electron chi connectivity index (χ4n) is 4.91. The van der Waals surface area contributed by atoms with Gasteiger partial charge in [0.1, 0.15) is 17.2 Å². The Morgan fingerprint density at radius 2 is 1.97 bits per heavy atom. The van der Waals surface area contributed by atoms with E-state index in [2.05, 4.69) is 19.8 Å². The fourth-order valence-corrected chi connectivity index (χ4v) is 5.16. The Hall–Kier alpha value is -1.74. The smallest absolute Gasteiger partial charge is 0.236 e. The molecule has 2 bridgehead atoms. The van der Waals surface area contributed by atoms with Gasteiger partial charge in [-0.25, -0.2) is 9.37 Å². The molecule has 9 heteroatoms. The Morgan fingerprint density at radius 3 is 2.69 bits per heavy atom. The minimum Gasteiger partial charge on any atom is -0.378 e. The van der Waals surface area contributed by atoms with E-state index in [1.807, 2.05) is 4.90 Å². The molecule has 4 heterocycles. The lowest BCUT2D eigenvalue weighted by Gasteiger charge is -2.41. The largest absolute Gasteiger partial charge is 0.378 e. The Bertz CT molecular complexity index is 902. The average Bonchev–Trinajstić information content (AvgIpc) is 3.19. The van der Waals surface area contributed by atoms with Gasteiger partial charge in [-0.1, -0.05) is 11.6 Å². The molecule has 3 aliphatic heterocycles. The third-order valence-corrected chi connectivity index (χ3v) is 6.61. The molecule has 1 aromatic heterocycles. The number of benzene rings is 1. The summed E-state index contributed by atoms with van der Waals surface area (Å²) >= 11 is 6.12. The van der Waals surface area contributed by atoms with E-state index in [4.69, 9.17) is 16.3 Å². The molecule has 0 radical (unpaired) electrons. The van der Waals surface area contributed by atoms with Crippen LogP contribution in [0.1, 0.15) is 18.7 Å². The number of H-pyrrole nitrogens is 1. The molecule has 156 valence electrons. The number of imidazole rings is 1. The van der Waals surface area contributed by atoms with E-state index >= 15 is 0 Å². The highest BCUT2D eigenvalue weighted by Gasteiger charge is 2.41. The van der Waals surface area contributed by atoms with Crippen molar-refractivity contribution >= 4 is 28.5 Å². The van der Waals surface area contributed by atoms with Crippen LogP contribution in [0.4, 0.5) is 4.39 Å². The number of amides is 1. The van der Waals surface area contributed by atoms with Gasteiger partial charge in [0.15, 0.2) is 0 Å². The van der Waals surface area contributed by atoms with Crippen LogP contribution in [-0.4, -0.2) is 88.6 Å². The molecule has 2 unspecified atom stereocenters. The normalized spacial score (nSPS) is 25.8. The highest BCUT2D eigenvalue weighted by atomic mass is 35.5. The Kier molecular flexibility index (Phi) is 5.19. The van der Waals surface area contributed by atoms with Crippen molar-refractivity contribution in [2.24, 2.45) is 0 Å². The van der Waals surface area contributed by atoms with Crippen LogP contribution in [0.3, 0.4) is 0 Å². The molecule has 1 amide bonds. The Labute approximate surface area is 173 Å². The molecule has 2 atom stereocenters. The van der Waals surface area contributed by atoms with Crippen LogP contribution in [0.5, 0.6) is 0 Å². The lowest BCUT2D eigenvalue weighted by atomic mass is 10.2. The Morgan fingerprint density at radius 1 is 1.24 bits per heavy atom. The topological polar surface area (TPSA) is 64.7 Å². The molecule has 29 heavy (non-hydrogen) atoms. The number of carbonyl (C=O) groups is 1. The molecular weight excluding hydrogens is 397 g/mol.